The largest absolute Gasteiger partial charge is 0.396 e. The highest BCUT2D eigenvalue weighted by Gasteiger charge is 2.04. The van der Waals surface area contributed by atoms with Gasteiger partial charge in [-0.1, -0.05) is 12.8 Å². The zero-order valence-electron chi connectivity index (χ0n) is 9.45. The van der Waals surface area contributed by atoms with Gasteiger partial charge in [-0.2, -0.15) is 0 Å². The van der Waals surface area contributed by atoms with Gasteiger partial charge in [-0.3, -0.25) is 9.36 Å². The topological polar surface area (TPSA) is 55.1 Å². The smallest absolute Gasteiger partial charge is 0.267 e. The van der Waals surface area contributed by atoms with Gasteiger partial charge in [-0.15, -0.1) is 0 Å². The van der Waals surface area contributed by atoms with Crippen LogP contribution in [0.3, 0.4) is 0 Å². The van der Waals surface area contributed by atoms with Crippen LogP contribution in [0.1, 0.15) is 31.5 Å². The lowest BCUT2D eigenvalue weighted by atomic mass is 10.2. The number of rotatable bonds is 6. The summed E-state index contributed by atoms with van der Waals surface area (Å²) in [7, 11) is 0. The Balaban J connectivity index is 2.54. The summed E-state index contributed by atoms with van der Waals surface area (Å²) in [5.74, 6) is 0.746. The second kappa shape index (κ2) is 6.81. The maximum Gasteiger partial charge on any atom is 0.267 e. The molecule has 1 heterocycles. The lowest BCUT2D eigenvalue weighted by Crippen LogP contribution is -2.24. The molecule has 0 atom stereocenters. The van der Waals surface area contributed by atoms with Crippen molar-refractivity contribution in [2.75, 3.05) is 6.61 Å². The van der Waals surface area contributed by atoms with Crippen molar-refractivity contribution >= 4 is 15.9 Å². The molecule has 16 heavy (non-hydrogen) atoms. The summed E-state index contributed by atoms with van der Waals surface area (Å²) >= 11 is 3.19. The van der Waals surface area contributed by atoms with E-state index in [1.54, 1.807) is 10.8 Å². The highest BCUT2D eigenvalue weighted by molar-refractivity contribution is 9.10. The second-order valence-corrected chi connectivity index (χ2v) is 4.60. The van der Waals surface area contributed by atoms with Crippen molar-refractivity contribution in [1.29, 1.82) is 0 Å². The van der Waals surface area contributed by atoms with Crippen LogP contribution >= 0.6 is 15.9 Å². The molecule has 0 fully saturated rings. The Morgan fingerprint density at radius 1 is 1.38 bits per heavy atom. The standard InChI is InChI=1S/C11H17BrN2O2/c1-9-13-8-10(12)11(16)14(9)6-4-2-3-5-7-15/h8,15H,2-7H2,1H3. The Bertz CT molecular complexity index is 390. The van der Waals surface area contributed by atoms with Gasteiger partial charge in [-0.25, -0.2) is 4.98 Å². The molecule has 1 rings (SSSR count). The minimum Gasteiger partial charge on any atom is -0.396 e. The minimum absolute atomic E-state index is 0.0188. The van der Waals surface area contributed by atoms with E-state index in [2.05, 4.69) is 20.9 Å². The Morgan fingerprint density at radius 3 is 2.75 bits per heavy atom. The van der Waals surface area contributed by atoms with Crippen LogP contribution in [-0.2, 0) is 6.54 Å². The summed E-state index contributed by atoms with van der Waals surface area (Å²) in [6.07, 6.45) is 5.36. The molecule has 0 aliphatic carbocycles. The number of hydrogen-bond donors (Lipinski definition) is 1. The van der Waals surface area contributed by atoms with Crippen molar-refractivity contribution in [2.45, 2.75) is 39.2 Å². The van der Waals surface area contributed by atoms with Crippen molar-refractivity contribution in [3.8, 4) is 0 Å². The Kier molecular flexibility index (Phi) is 5.69. The van der Waals surface area contributed by atoms with Gasteiger partial charge in [0.2, 0.25) is 0 Å². The molecule has 0 saturated carbocycles. The third-order valence-corrected chi connectivity index (χ3v) is 3.04. The number of halogens is 1. The van der Waals surface area contributed by atoms with E-state index < -0.39 is 0 Å². The minimum atomic E-state index is -0.0188. The van der Waals surface area contributed by atoms with Crippen molar-refractivity contribution in [2.24, 2.45) is 0 Å². The summed E-state index contributed by atoms with van der Waals surface area (Å²) in [5, 5.41) is 8.64. The SMILES string of the molecule is Cc1ncc(Br)c(=O)n1CCCCCCO. The van der Waals surface area contributed by atoms with Crippen molar-refractivity contribution < 1.29 is 5.11 Å². The fraction of sp³-hybridized carbons (Fsp3) is 0.636. The van der Waals surface area contributed by atoms with Gasteiger partial charge >= 0.3 is 0 Å². The zero-order chi connectivity index (χ0) is 12.0. The Morgan fingerprint density at radius 2 is 2.06 bits per heavy atom. The van der Waals surface area contributed by atoms with Gasteiger partial charge in [0, 0.05) is 19.3 Å². The van der Waals surface area contributed by atoms with E-state index in [4.69, 9.17) is 5.11 Å². The predicted octanol–water partition coefficient (Wildman–Crippen LogP) is 1.87. The van der Waals surface area contributed by atoms with E-state index in [0.717, 1.165) is 31.5 Å². The molecule has 4 nitrogen and oxygen atoms in total. The van der Waals surface area contributed by atoms with Gasteiger partial charge in [-0.05, 0) is 35.7 Å². The summed E-state index contributed by atoms with van der Waals surface area (Å²) in [6, 6.07) is 0. The number of aryl methyl sites for hydroxylation is 1. The summed E-state index contributed by atoms with van der Waals surface area (Å²) in [6.45, 7) is 2.78. The molecule has 1 N–H and O–H groups in total. The predicted molar refractivity (Wildman–Crippen MR) is 66.5 cm³/mol. The van der Waals surface area contributed by atoms with Gasteiger partial charge in [0.05, 0.1) is 0 Å². The van der Waals surface area contributed by atoms with Crippen LogP contribution < -0.4 is 5.56 Å². The molecule has 0 spiro atoms. The maximum atomic E-state index is 11.7. The van der Waals surface area contributed by atoms with Crippen LogP contribution in [0.25, 0.3) is 0 Å². The van der Waals surface area contributed by atoms with Crippen molar-refractivity contribution in [1.82, 2.24) is 9.55 Å². The van der Waals surface area contributed by atoms with E-state index in [9.17, 15) is 4.79 Å². The van der Waals surface area contributed by atoms with E-state index in [1.807, 2.05) is 6.92 Å². The number of unbranched alkanes of at least 4 members (excludes halogenated alkanes) is 3. The highest BCUT2D eigenvalue weighted by Crippen LogP contribution is 2.05. The van der Waals surface area contributed by atoms with E-state index >= 15 is 0 Å². The third-order valence-electron chi connectivity index (χ3n) is 2.49. The number of aliphatic hydroxyl groups is 1. The average molecular weight is 289 g/mol. The molecule has 0 saturated heterocycles. The molecule has 0 aliphatic rings. The lowest BCUT2D eigenvalue weighted by Gasteiger charge is -2.08. The molecule has 0 aromatic carbocycles. The molecule has 0 bridgehead atoms. The quantitative estimate of drug-likeness (QED) is 0.813. The molecular formula is C11H17BrN2O2. The van der Waals surface area contributed by atoms with Crippen LogP contribution in [0.5, 0.6) is 0 Å². The molecule has 1 aromatic heterocycles. The van der Waals surface area contributed by atoms with Gasteiger partial charge in [0.1, 0.15) is 10.3 Å². The average Bonchev–Trinajstić information content (AvgIpc) is 2.28. The molecule has 0 amide bonds. The molecule has 0 radical (unpaired) electrons. The van der Waals surface area contributed by atoms with E-state index in [-0.39, 0.29) is 12.2 Å². The highest BCUT2D eigenvalue weighted by atomic mass is 79.9. The monoisotopic (exact) mass is 288 g/mol. The summed E-state index contributed by atoms with van der Waals surface area (Å²) in [5.41, 5.74) is -0.0188. The number of nitrogens with zero attached hydrogens (tertiary/aromatic N) is 2. The molecule has 90 valence electrons. The number of hydrogen-bond acceptors (Lipinski definition) is 3. The molecule has 1 aromatic rings. The third kappa shape index (κ3) is 3.72. The van der Waals surface area contributed by atoms with Gasteiger partial charge in [0.15, 0.2) is 0 Å². The van der Waals surface area contributed by atoms with Crippen LogP contribution in [0.4, 0.5) is 0 Å². The number of aliphatic hydroxyl groups excluding tert-OH is 1. The lowest BCUT2D eigenvalue weighted by molar-refractivity contribution is 0.282. The summed E-state index contributed by atoms with van der Waals surface area (Å²) < 4.78 is 2.19. The van der Waals surface area contributed by atoms with E-state index in [0.29, 0.717) is 11.0 Å². The first-order valence-electron chi connectivity index (χ1n) is 5.49. The Hall–Kier alpha value is -0.680. The van der Waals surface area contributed by atoms with E-state index in [1.165, 1.54) is 0 Å². The van der Waals surface area contributed by atoms with Gasteiger partial charge in [0.25, 0.3) is 5.56 Å². The number of aromatic nitrogens is 2. The maximum absolute atomic E-state index is 11.7. The van der Waals surface area contributed by atoms with Gasteiger partial charge < -0.3 is 5.11 Å². The fourth-order valence-electron chi connectivity index (χ4n) is 1.55. The van der Waals surface area contributed by atoms with Crippen molar-refractivity contribution in [3.05, 3.63) is 26.8 Å². The Labute approximate surface area is 103 Å². The molecule has 0 unspecified atom stereocenters. The second-order valence-electron chi connectivity index (χ2n) is 3.75. The molecular weight excluding hydrogens is 272 g/mol. The first-order chi connectivity index (χ1) is 7.66. The summed E-state index contributed by atoms with van der Waals surface area (Å²) in [4.78, 5) is 15.9. The zero-order valence-corrected chi connectivity index (χ0v) is 11.0. The van der Waals surface area contributed by atoms with Crippen LogP contribution in [0.2, 0.25) is 0 Å². The van der Waals surface area contributed by atoms with Crippen LogP contribution in [0, 0.1) is 6.92 Å². The van der Waals surface area contributed by atoms with Crippen LogP contribution in [0.15, 0.2) is 15.5 Å². The molecule has 0 aliphatic heterocycles. The van der Waals surface area contributed by atoms with Crippen molar-refractivity contribution in [3.63, 3.8) is 0 Å². The first kappa shape index (κ1) is 13.4. The van der Waals surface area contributed by atoms with Crippen LogP contribution in [-0.4, -0.2) is 21.3 Å². The molecule has 5 heteroatoms. The first-order valence-corrected chi connectivity index (χ1v) is 6.29. The normalized spacial score (nSPS) is 10.7. The fourth-order valence-corrected chi connectivity index (χ4v) is 1.87.